The molecule has 0 saturated carbocycles. The summed E-state index contributed by atoms with van der Waals surface area (Å²) in [5.74, 6) is -1.37. The van der Waals surface area contributed by atoms with Crippen molar-refractivity contribution in [3.05, 3.63) is 65.2 Å². The van der Waals surface area contributed by atoms with Crippen molar-refractivity contribution in [2.24, 2.45) is 11.8 Å². The summed E-state index contributed by atoms with van der Waals surface area (Å²) in [6, 6.07) is 8.74. The third-order valence-electron chi connectivity index (χ3n) is 11.6. The lowest BCUT2D eigenvalue weighted by Gasteiger charge is -2.39. The second kappa shape index (κ2) is 17.1. The molecule has 5 aromatic rings. The first-order valence-electron chi connectivity index (χ1n) is 20.2. The lowest BCUT2D eigenvalue weighted by Crippen LogP contribution is -2.48. The number of rotatable bonds is 14. The number of amides is 2. The van der Waals surface area contributed by atoms with Gasteiger partial charge in [0.15, 0.2) is 42.7 Å². The number of hydrogen-bond acceptors (Lipinski definition) is 14. The molecule has 22 heteroatoms. The van der Waals surface area contributed by atoms with Gasteiger partial charge in [0.1, 0.15) is 18.7 Å². The molecule has 0 radical (unpaired) electrons. The van der Waals surface area contributed by atoms with E-state index in [0.29, 0.717) is 29.6 Å². The van der Waals surface area contributed by atoms with Crippen LogP contribution in [0.25, 0.3) is 22.3 Å². The van der Waals surface area contributed by atoms with Crippen LogP contribution in [0.4, 0.5) is 11.8 Å². The highest BCUT2D eigenvalue weighted by molar-refractivity contribution is 7.84. The second-order valence-electron chi connectivity index (χ2n) is 17.2. The van der Waals surface area contributed by atoms with E-state index in [9.17, 15) is 22.8 Å². The number of carbonyl (C=O) groups is 2. The zero-order valence-corrected chi connectivity index (χ0v) is 37.4. The van der Waals surface area contributed by atoms with Gasteiger partial charge in [-0.2, -0.15) is 18.1 Å². The maximum absolute atomic E-state index is 13.9. The van der Waals surface area contributed by atoms with E-state index in [2.05, 4.69) is 79.1 Å². The van der Waals surface area contributed by atoms with Crippen molar-refractivity contribution in [1.29, 1.82) is 0 Å². The van der Waals surface area contributed by atoms with E-state index in [4.69, 9.17) is 18.1 Å². The number of ether oxygens (including phenoxy) is 2. The fraction of sp³-hybridized carbons (Fsp3) is 0.538. The molecule has 2 aliphatic rings. The highest BCUT2D eigenvalue weighted by Gasteiger charge is 2.48. The molecule has 4 N–H and O–H groups in total. The summed E-state index contributed by atoms with van der Waals surface area (Å²) >= 11 is 0. The molecular formula is C39H53N11O9SSi. The predicted octanol–water partition coefficient (Wildman–Crippen LogP) is 4.65. The monoisotopic (exact) mass is 879 g/mol. The first-order valence-corrected chi connectivity index (χ1v) is 24.6. The average Bonchev–Trinajstić information content (AvgIpc) is 3.99. The van der Waals surface area contributed by atoms with E-state index in [0.717, 1.165) is 0 Å². The van der Waals surface area contributed by atoms with Gasteiger partial charge in [-0.3, -0.25) is 33.8 Å². The molecule has 2 saturated heterocycles. The number of nitrogens with zero attached hydrogens (tertiary/aromatic N) is 7. The van der Waals surface area contributed by atoms with Gasteiger partial charge in [0.25, 0.3) is 11.5 Å². The van der Waals surface area contributed by atoms with Crippen molar-refractivity contribution in [2.75, 3.05) is 17.2 Å². The van der Waals surface area contributed by atoms with Crippen LogP contribution in [0.5, 0.6) is 0 Å². The van der Waals surface area contributed by atoms with E-state index in [1.165, 1.54) is 17.2 Å². The van der Waals surface area contributed by atoms with Gasteiger partial charge in [0.2, 0.25) is 11.9 Å². The Morgan fingerprint density at radius 2 is 1.69 bits per heavy atom. The summed E-state index contributed by atoms with van der Waals surface area (Å²) in [6.45, 7) is 17.5. The number of carbonyl (C=O) groups excluding carboxylic acids is 2. The summed E-state index contributed by atoms with van der Waals surface area (Å²) in [7, 11) is -6.91. The molecular weight excluding hydrogens is 827 g/mol. The van der Waals surface area contributed by atoms with E-state index < -0.39 is 67.0 Å². The van der Waals surface area contributed by atoms with Crippen LogP contribution in [0.2, 0.25) is 18.1 Å². The summed E-state index contributed by atoms with van der Waals surface area (Å²) in [4.78, 5) is 62.9. The average molecular weight is 880 g/mol. The Morgan fingerprint density at radius 1 is 0.984 bits per heavy atom. The molecule has 1 aromatic carbocycles. The van der Waals surface area contributed by atoms with Crippen LogP contribution in [0.15, 0.2) is 54.1 Å². The van der Waals surface area contributed by atoms with Crippen LogP contribution in [0, 0.1) is 11.8 Å². The molecule has 7 rings (SSSR count). The molecule has 61 heavy (non-hydrogen) atoms. The quantitative estimate of drug-likeness (QED) is 0.111. The molecule has 6 heterocycles. The number of anilines is 2. The molecule has 0 bridgehead atoms. The topological polar surface area (TPSA) is 248 Å². The van der Waals surface area contributed by atoms with Gasteiger partial charge in [0.05, 0.1) is 31.0 Å². The number of benzene rings is 1. The number of fused-ring (bicyclic) bond motifs is 2. The van der Waals surface area contributed by atoms with Gasteiger partial charge in [-0.15, -0.1) is 0 Å². The molecule has 328 valence electrons. The number of aromatic amines is 1. The number of aromatic nitrogens is 8. The van der Waals surface area contributed by atoms with Gasteiger partial charge in [-0.05, 0) is 36.7 Å². The maximum atomic E-state index is 13.9. The Bertz CT molecular complexity index is 2580. The van der Waals surface area contributed by atoms with Crippen molar-refractivity contribution in [1.82, 2.24) is 43.8 Å². The largest absolute Gasteiger partial charge is 0.411 e. The fourth-order valence-corrected chi connectivity index (χ4v) is 9.49. The second-order valence-corrected chi connectivity index (χ2v) is 23.4. The van der Waals surface area contributed by atoms with Crippen molar-refractivity contribution in [3.63, 3.8) is 0 Å². The maximum Gasteiger partial charge on any atom is 0.336 e. The van der Waals surface area contributed by atoms with Gasteiger partial charge < -0.3 is 19.2 Å². The minimum atomic E-state index is -4.49. The molecule has 4 aromatic heterocycles. The minimum absolute atomic E-state index is 0.0236. The Hall–Kier alpha value is -4.97. The molecule has 0 aliphatic carbocycles. The SMILES string of the molecule is CC[C@H]1O[C@@H](n2cnc3c(=O)[nH]c(NC(=O)C(C)C)nc32)[C@H](OS(=O)(=O)NC[C@H]2O[C@@H](n3cnc4c(NC(=O)c5ccccc5)ncnc43)C[C@@H]2O[Si](C)(C)C(C)(C)C)[C@@H]1C. The molecule has 0 spiro atoms. The summed E-state index contributed by atoms with van der Waals surface area (Å²) in [5.41, 5.74) is 0.672. The van der Waals surface area contributed by atoms with Crippen LogP contribution < -0.4 is 20.9 Å². The van der Waals surface area contributed by atoms with Gasteiger partial charge in [-0.25, -0.2) is 24.1 Å². The van der Waals surface area contributed by atoms with Crippen LogP contribution in [-0.2, 0) is 33.2 Å². The number of imidazole rings is 2. The number of H-pyrrole nitrogens is 1. The van der Waals surface area contributed by atoms with E-state index in [1.807, 2.05) is 19.9 Å². The fourth-order valence-electron chi connectivity index (χ4n) is 7.13. The Labute approximate surface area is 354 Å². The summed E-state index contributed by atoms with van der Waals surface area (Å²) in [5, 5.41) is 5.25. The Morgan fingerprint density at radius 3 is 2.38 bits per heavy atom. The molecule has 0 unspecified atom stereocenters. The van der Waals surface area contributed by atoms with Crippen LogP contribution in [0.1, 0.15) is 84.1 Å². The van der Waals surface area contributed by atoms with Crippen molar-refractivity contribution >= 4 is 64.5 Å². The Balaban J connectivity index is 1.12. The van der Waals surface area contributed by atoms with Gasteiger partial charge in [0, 0.05) is 30.4 Å². The van der Waals surface area contributed by atoms with Crippen LogP contribution in [0.3, 0.4) is 0 Å². The minimum Gasteiger partial charge on any atom is -0.411 e. The van der Waals surface area contributed by atoms with Crippen molar-refractivity contribution in [3.8, 4) is 0 Å². The summed E-state index contributed by atoms with van der Waals surface area (Å²) < 4.78 is 59.4. The zero-order valence-electron chi connectivity index (χ0n) is 35.6. The lowest BCUT2D eigenvalue weighted by atomic mass is 9.99. The van der Waals surface area contributed by atoms with Gasteiger partial charge >= 0.3 is 10.3 Å². The number of hydrogen-bond donors (Lipinski definition) is 4. The van der Waals surface area contributed by atoms with E-state index >= 15 is 0 Å². The molecule has 20 nitrogen and oxygen atoms in total. The molecule has 2 amide bonds. The summed E-state index contributed by atoms with van der Waals surface area (Å²) in [6.07, 6.45) is 0.605. The number of nitrogens with one attached hydrogen (secondary N) is 4. The van der Waals surface area contributed by atoms with Crippen molar-refractivity contribution < 1.29 is 36.1 Å². The van der Waals surface area contributed by atoms with Gasteiger partial charge in [-0.1, -0.05) is 66.7 Å². The lowest BCUT2D eigenvalue weighted by molar-refractivity contribution is -0.118. The highest BCUT2D eigenvalue weighted by atomic mass is 32.2. The zero-order chi connectivity index (χ0) is 44.0. The normalized spacial score (nSPS) is 23.6. The third kappa shape index (κ3) is 9.15. The Kier molecular flexibility index (Phi) is 12.3. The standard InChI is InChI=1S/C39H53N11O9SSi/c1-10-24-22(4)30(37(57-24)50-20-43-29-33(50)46-38(48-36(29)53)47-34(51)21(2)3)58-60(54,55)44-17-26-25(59-61(8,9)39(5,6)7)16-27(56-26)49-19-42-28-31(40-18-41-32(28)49)45-35(52)23-14-12-11-13-15-23/h11-15,18-22,24-27,30,37,44H,10,16-17H2,1-9H3,(H,40,41,45,52)(H2,46,47,48,51,53)/t22-,24-,25+,26-,27-,30-,37-/m1/s1. The van der Waals surface area contributed by atoms with Crippen LogP contribution >= 0.6 is 0 Å². The first kappa shape index (κ1) is 44.1. The third-order valence-corrected chi connectivity index (χ3v) is 17.1. The van der Waals surface area contributed by atoms with E-state index in [-0.39, 0.29) is 52.2 Å². The smallest absolute Gasteiger partial charge is 0.336 e. The van der Waals surface area contributed by atoms with E-state index in [1.54, 1.807) is 49.0 Å². The highest BCUT2D eigenvalue weighted by Crippen LogP contribution is 2.42. The molecule has 2 aliphatic heterocycles. The molecule has 7 atom stereocenters. The van der Waals surface area contributed by atoms with Crippen LogP contribution in [-0.4, -0.2) is 98.5 Å². The molecule has 2 fully saturated rings. The predicted molar refractivity (Wildman–Crippen MR) is 227 cm³/mol. The van der Waals surface area contributed by atoms with Crippen molar-refractivity contribution in [2.45, 2.75) is 116 Å². The first-order chi connectivity index (χ1) is 28.8.